The molecule has 0 aliphatic carbocycles. The fourth-order valence-electron chi connectivity index (χ4n) is 1.03. The zero-order valence-electron chi connectivity index (χ0n) is 8.53. The maximum atomic E-state index is 12.6. The Morgan fingerprint density at radius 2 is 2.19 bits per heavy atom. The molecule has 88 valence electrons. The Hall–Kier alpha value is -1.04. The minimum atomic E-state index is -4.42. The lowest BCUT2D eigenvalue weighted by atomic mass is 10.2. The smallest absolute Gasteiger partial charge is 0.366 e. The summed E-state index contributed by atoms with van der Waals surface area (Å²) in [5.74, 6) is -0.182. The predicted octanol–water partition coefficient (Wildman–Crippen LogP) is 3.85. The average molecular weight is 295 g/mol. The van der Waals surface area contributed by atoms with Crippen molar-refractivity contribution in [2.24, 2.45) is 0 Å². The van der Waals surface area contributed by atoms with Gasteiger partial charge in [-0.05, 0) is 28.9 Å². The summed E-state index contributed by atoms with van der Waals surface area (Å²) in [5, 5.41) is 2.59. The molecule has 0 unspecified atom stereocenters. The lowest BCUT2D eigenvalue weighted by molar-refractivity contribution is -0.137. The van der Waals surface area contributed by atoms with Crippen LogP contribution in [-0.2, 0) is 6.18 Å². The average Bonchev–Trinajstić information content (AvgIpc) is 2.14. The molecule has 1 aromatic rings. The molecule has 0 saturated carbocycles. The quantitative estimate of drug-likeness (QED) is 0.857. The Morgan fingerprint density at radius 1 is 1.56 bits per heavy atom. The number of nitrogens with one attached hydrogen (secondary N) is 1. The summed E-state index contributed by atoms with van der Waals surface area (Å²) in [6.45, 7) is 5.58. The van der Waals surface area contributed by atoms with Crippen LogP contribution >= 0.6 is 15.9 Å². The first-order chi connectivity index (χ1) is 7.30. The van der Waals surface area contributed by atoms with Crippen molar-refractivity contribution in [3.8, 4) is 0 Å². The highest BCUT2D eigenvalue weighted by atomic mass is 79.9. The van der Waals surface area contributed by atoms with E-state index in [1.54, 1.807) is 6.92 Å². The van der Waals surface area contributed by atoms with E-state index < -0.39 is 11.7 Å². The van der Waals surface area contributed by atoms with Gasteiger partial charge in [0.2, 0.25) is 0 Å². The molecule has 0 aliphatic heterocycles. The Labute approximate surface area is 99.7 Å². The van der Waals surface area contributed by atoms with Gasteiger partial charge in [-0.15, -0.1) is 0 Å². The molecule has 1 aromatic heterocycles. The van der Waals surface area contributed by atoms with Gasteiger partial charge in [0, 0.05) is 17.2 Å². The second-order valence-electron chi connectivity index (χ2n) is 3.36. The maximum absolute atomic E-state index is 12.6. The van der Waals surface area contributed by atoms with Crippen molar-refractivity contribution in [2.45, 2.75) is 13.1 Å². The number of hydrogen-bond donors (Lipinski definition) is 1. The number of rotatable bonds is 3. The summed E-state index contributed by atoms with van der Waals surface area (Å²) in [6, 6.07) is 0.994. The lowest BCUT2D eigenvalue weighted by Crippen LogP contribution is -2.13. The van der Waals surface area contributed by atoms with Gasteiger partial charge in [-0.3, -0.25) is 0 Å². The van der Waals surface area contributed by atoms with Crippen LogP contribution in [0.4, 0.5) is 19.0 Å². The van der Waals surface area contributed by atoms with Gasteiger partial charge in [-0.2, -0.15) is 13.2 Å². The largest absolute Gasteiger partial charge is 0.419 e. The van der Waals surface area contributed by atoms with E-state index in [4.69, 9.17) is 0 Å². The molecule has 0 aromatic carbocycles. The molecule has 1 rings (SSSR count). The zero-order chi connectivity index (χ0) is 12.3. The van der Waals surface area contributed by atoms with E-state index >= 15 is 0 Å². The highest BCUT2D eigenvalue weighted by Crippen LogP contribution is 2.35. The minimum absolute atomic E-state index is 0.182. The number of halogens is 4. The molecule has 1 N–H and O–H groups in total. The van der Waals surface area contributed by atoms with Crippen molar-refractivity contribution in [2.75, 3.05) is 11.9 Å². The number of hydrogen-bond acceptors (Lipinski definition) is 2. The Morgan fingerprint density at radius 3 is 2.69 bits per heavy atom. The van der Waals surface area contributed by atoms with E-state index in [2.05, 4.69) is 32.8 Å². The Balaban J connectivity index is 3.03. The molecule has 2 nitrogen and oxygen atoms in total. The van der Waals surface area contributed by atoms with E-state index in [0.29, 0.717) is 4.47 Å². The summed E-state index contributed by atoms with van der Waals surface area (Å²) in [4.78, 5) is 3.70. The van der Waals surface area contributed by atoms with E-state index in [0.717, 1.165) is 11.6 Å². The van der Waals surface area contributed by atoms with Crippen LogP contribution in [0, 0.1) is 0 Å². The van der Waals surface area contributed by atoms with Crippen LogP contribution in [0.15, 0.2) is 28.9 Å². The van der Waals surface area contributed by atoms with Crippen LogP contribution in [0.25, 0.3) is 0 Å². The van der Waals surface area contributed by atoms with Gasteiger partial charge in [0.25, 0.3) is 0 Å². The van der Waals surface area contributed by atoms with Crippen LogP contribution in [0.1, 0.15) is 12.5 Å². The zero-order valence-corrected chi connectivity index (χ0v) is 10.1. The predicted molar refractivity (Wildman–Crippen MR) is 60.2 cm³/mol. The number of anilines is 1. The normalized spacial score (nSPS) is 11.3. The summed E-state index contributed by atoms with van der Waals surface area (Å²) in [6.07, 6.45) is -3.11. The molecule has 0 bridgehead atoms. The number of nitrogens with zero attached hydrogens (tertiary/aromatic N) is 1. The summed E-state index contributed by atoms with van der Waals surface area (Å²) in [7, 11) is 0. The number of pyridine rings is 1. The number of alkyl halides is 3. The highest BCUT2D eigenvalue weighted by molar-refractivity contribution is 9.10. The van der Waals surface area contributed by atoms with E-state index in [-0.39, 0.29) is 12.4 Å². The molecule has 16 heavy (non-hydrogen) atoms. The van der Waals surface area contributed by atoms with Gasteiger partial charge in [0.1, 0.15) is 5.82 Å². The summed E-state index contributed by atoms with van der Waals surface area (Å²) >= 11 is 2.96. The molecule has 0 aliphatic rings. The highest BCUT2D eigenvalue weighted by Gasteiger charge is 2.34. The topological polar surface area (TPSA) is 24.9 Å². The van der Waals surface area contributed by atoms with Crippen molar-refractivity contribution in [1.82, 2.24) is 4.98 Å². The second kappa shape index (κ2) is 4.86. The molecule has 0 fully saturated rings. The van der Waals surface area contributed by atoms with Crippen LogP contribution in [0.3, 0.4) is 0 Å². The van der Waals surface area contributed by atoms with Crippen molar-refractivity contribution in [1.29, 1.82) is 0 Å². The molecule has 0 radical (unpaired) electrons. The fraction of sp³-hybridized carbons (Fsp3) is 0.300. The van der Waals surface area contributed by atoms with Gasteiger partial charge in [-0.1, -0.05) is 12.2 Å². The lowest BCUT2D eigenvalue weighted by Gasteiger charge is -2.13. The molecule has 0 atom stereocenters. The molecule has 6 heteroatoms. The van der Waals surface area contributed by atoms with Gasteiger partial charge in [-0.25, -0.2) is 4.98 Å². The van der Waals surface area contributed by atoms with Crippen molar-refractivity contribution in [3.63, 3.8) is 0 Å². The molecule has 0 spiro atoms. The molecular formula is C10H10BrF3N2. The molecule has 0 amide bonds. The van der Waals surface area contributed by atoms with Gasteiger partial charge < -0.3 is 5.32 Å². The SMILES string of the molecule is C=C(C)CNc1ncc(Br)cc1C(F)(F)F. The van der Waals surface area contributed by atoms with Crippen molar-refractivity contribution >= 4 is 21.7 Å². The van der Waals surface area contributed by atoms with Gasteiger partial charge in [0.05, 0.1) is 5.56 Å². The van der Waals surface area contributed by atoms with Crippen LogP contribution < -0.4 is 5.32 Å². The second-order valence-corrected chi connectivity index (χ2v) is 4.27. The Bertz CT molecular complexity index is 402. The maximum Gasteiger partial charge on any atom is 0.419 e. The van der Waals surface area contributed by atoms with Crippen molar-refractivity contribution in [3.05, 3.63) is 34.5 Å². The fourth-order valence-corrected chi connectivity index (χ4v) is 1.36. The van der Waals surface area contributed by atoms with Gasteiger partial charge >= 0.3 is 6.18 Å². The monoisotopic (exact) mass is 294 g/mol. The summed E-state index contributed by atoms with van der Waals surface area (Å²) in [5.41, 5.74) is -0.0547. The third kappa shape index (κ3) is 3.52. The Kier molecular flexibility index (Phi) is 3.96. The van der Waals surface area contributed by atoms with E-state index in [1.165, 1.54) is 6.20 Å². The van der Waals surface area contributed by atoms with Crippen LogP contribution in [0.5, 0.6) is 0 Å². The third-order valence-electron chi connectivity index (χ3n) is 1.72. The third-order valence-corrected chi connectivity index (χ3v) is 2.15. The first-order valence-electron chi connectivity index (χ1n) is 4.41. The van der Waals surface area contributed by atoms with Crippen molar-refractivity contribution < 1.29 is 13.2 Å². The van der Waals surface area contributed by atoms with Gasteiger partial charge in [0.15, 0.2) is 0 Å². The van der Waals surface area contributed by atoms with E-state index in [1.807, 2.05) is 0 Å². The summed E-state index contributed by atoms with van der Waals surface area (Å²) < 4.78 is 38.2. The minimum Gasteiger partial charge on any atom is -0.366 e. The number of aromatic nitrogens is 1. The molecular weight excluding hydrogens is 285 g/mol. The first-order valence-corrected chi connectivity index (χ1v) is 5.21. The standard InChI is InChI=1S/C10H10BrF3N2/c1-6(2)4-15-9-8(10(12,13)14)3-7(11)5-16-9/h3,5H,1,4H2,2H3,(H,15,16). The van der Waals surface area contributed by atoms with Crippen LogP contribution in [-0.4, -0.2) is 11.5 Å². The van der Waals surface area contributed by atoms with Crippen LogP contribution in [0.2, 0.25) is 0 Å². The van der Waals surface area contributed by atoms with E-state index in [9.17, 15) is 13.2 Å². The molecule has 0 saturated heterocycles. The molecule has 1 heterocycles. The first kappa shape index (κ1) is 13.0.